The first-order valence-electron chi connectivity index (χ1n) is 7.03. The van der Waals surface area contributed by atoms with Crippen molar-refractivity contribution in [1.29, 1.82) is 0 Å². The first kappa shape index (κ1) is 11.4. The molecule has 0 aromatic rings. The van der Waals surface area contributed by atoms with Gasteiger partial charge in [-0.2, -0.15) is 0 Å². The molecule has 6 nitrogen and oxygen atoms in total. The van der Waals surface area contributed by atoms with E-state index < -0.39 is 23.9 Å². The number of allylic oxidation sites excluding steroid dienone is 1. The topological polar surface area (TPSA) is 86.7 Å². The molecule has 5 atom stereocenters. The van der Waals surface area contributed by atoms with Crippen LogP contribution in [0.5, 0.6) is 0 Å². The van der Waals surface area contributed by atoms with Crippen molar-refractivity contribution in [2.45, 2.75) is 12.8 Å². The maximum Gasteiger partial charge on any atom is 0.346 e. The van der Waals surface area contributed by atoms with Crippen LogP contribution in [-0.4, -0.2) is 23.9 Å². The molecule has 21 heavy (non-hydrogen) atoms. The van der Waals surface area contributed by atoms with Gasteiger partial charge in [0.1, 0.15) is 0 Å². The van der Waals surface area contributed by atoms with E-state index in [0.717, 1.165) is 12.0 Å². The summed E-state index contributed by atoms with van der Waals surface area (Å²) in [5.74, 6) is -2.82. The second kappa shape index (κ2) is 3.32. The Bertz CT molecular complexity index is 726. The lowest BCUT2D eigenvalue weighted by Crippen LogP contribution is -2.42. The fourth-order valence-corrected chi connectivity index (χ4v) is 5.03. The lowest BCUT2D eigenvalue weighted by atomic mass is 9.68. The van der Waals surface area contributed by atoms with Crippen LogP contribution in [0.15, 0.2) is 22.8 Å². The van der Waals surface area contributed by atoms with Gasteiger partial charge in [-0.25, -0.2) is 9.59 Å². The van der Waals surface area contributed by atoms with Crippen molar-refractivity contribution in [2.75, 3.05) is 0 Å². The van der Waals surface area contributed by atoms with Gasteiger partial charge in [-0.3, -0.25) is 9.59 Å². The predicted molar refractivity (Wildman–Crippen MR) is 64.0 cm³/mol. The van der Waals surface area contributed by atoms with Crippen LogP contribution in [0.2, 0.25) is 0 Å². The smallest absolute Gasteiger partial charge is 0.346 e. The van der Waals surface area contributed by atoms with Gasteiger partial charge >= 0.3 is 23.9 Å². The number of rotatable bonds is 0. The van der Waals surface area contributed by atoms with Crippen LogP contribution in [0.25, 0.3) is 0 Å². The molecule has 3 fully saturated rings. The van der Waals surface area contributed by atoms with E-state index in [4.69, 9.17) is 9.47 Å². The molecule has 1 saturated heterocycles. The molecule has 2 aliphatic heterocycles. The lowest BCUT2D eigenvalue weighted by molar-refractivity contribution is -0.172. The summed E-state index contributed by atoms with van der Waals surface area (Å²) >= 11 is 0. The molecule has 5 unspecified atom stereocenters. The molecule has 5 aliphatic rings. The summed E-state index contributed by atoms with van der Waals surface area (Å²) in [5, 5.41) is 0. The molecular weight excluding hydrogens is 276 g/mol. The number of ether oxygens (including phenoxy) is 2. The SMILES string of the molecule is O=C1CC2C3CC(C4=C5C=C(C(=O)OC5=O)C43)C2C(=O)O1. The second-order valence-electron chi connectivity index (χ2n) is 6.32. The van der Waals surface area contributed by atoms with Crippen LogP contribution in [0.3, 0.4) is 0 Å². The van der Waals surface area contributed by atoms with Gasteiger partial charge in [0.05, 0.1) is 17.9 Å². The highest BCUT2D eigenvalue weighted by Gasteiger charge is 2.64. The molecule has 106 valence electrons. The average Bonchev–Trinajstić information content (AvgIpc) is 3.02. The first-order chi connectivity index (χ1) is 10.1. The molecule has 2 heterocycles. The molecule has 3 aliphatic carbocycles. The fraction of sp³-hybridized carbons (Fsp3) is 0.467. The Morgan fingerprint density at radius 3 is 2.62 bits per heavy atom. The van der Waals surface area contributed by atoms with Gasteiger partial charge in [-0.1, -0.05) is 0 Å². The summed E-state index contributed by atoms with van der Waals surface area (Å²) in [7, 11) is 0. The summed E-state index contributed by atoms with van der Waals surface area (Å²) in [5.41, 5.74) is 1.81. The standard InChI is InChI=1S/C15H10O6/c16-9-3-5-4-1-6(12(5)15(19)20-9)11-8-2-7(10(4)11)13(17)21-14(8)18/h2,4-6,10,12H,1,3H2. The zero-order valence-corrected chi connectivity index (χ0v) is 10.8. The van der Waals surface area contributed by atoms with Crippen molar-refractivity contribution in [2.24, 2.45) is 29.6 Å². The minimum atomic E-state index is -0.620. The van der Waals surface area contributed by atoms with Crippen LogP contribution in [0.1, 0.15) is 12.8 Å². The highest BCUT2D eigenvalue weighted by atomic mass is 16.6. The van der Waals surface area contributed by atoms with Crippen molar-refractivity contribution in [3.05, 3.63) is 22.8 Å². The maximum absolute atomic E-state index is 12.0. The van der Waals surface area contributed by atoms with E-state index in [9.17, 15) is 19.2 Å². The highest BCUT2D eigenvalue weighted by Crippen LogP contribution is 2.65. The predicted octanol–water partition coefficient (Wildman–Crippen LogP) is 0.278. The van der Waals surface area contributed by atoms with E-state index in [1.807, 2.05) is 0 Å². The third kappa shape index (κ3) is 1.16. The lowest BCUT2D eigenvalue weighted by Gasteiger charge is -2.36. The third-order valence-corrected chi connectivity index (χ3v) is 5.61. The van der Waals surface area contributed by atoms with Crippen molar-refractivity contribution >= 4 is 23.9 Å². The van der Waals surface area contributed by atoms with E-state index in [1.165, 1.54) is 0 Å². The van der Waals surface area contributed by atoms with Gasteiger partial charge in [0, 0.05) is 11.5 Å². The Morgan fingerprint density at radius 1 is 1.00 bits per heavy atom. The Labute approximate surface area is 118 Å². The molecule has 2 saturated carbocycles. The van der Waals surface area contributed by atoms with E-state index in [0.29, 0.717) is 11.1 Å². The molecule has 0 radical (unpaired) electrons. The largest absolute Gasteiger partial charge is 0.393 e. The van der Waals surface area contributed by atoms with Crippen LogP contribution < -0.4 is 0 Å². The zero-order chi connectivity index (χ0) is 14.5. The Balaban J connectivity index is 1.66. The summed E-state index contributed by atoms with van der Waals surface area (Å²) in [6, 6.07) is 0. The minimum Gasteiger partial charge on any atom is -0.393 e. The normalized spacial score (nSPS) is 42.7. The van der Waals surface area contributed by atoms with E-state index in [-0.39, 0.29) is 36.0 Å². The third-order valence-electron chi connectivity index (χ3n) is 5.61. The zero-order valence-electron chi connectivity index (χ0n) is 10.8. The number of hydrogen-bond donors (Lipinski definition) is 0. The number of hydrogen-bond acceptors (Lipinski definition) is 6. The minimum absolute atomic E-state index is 0.0500. The van der Waals surface area contributed by atoms with Crippen LogP contribution in [0.4, 0.5) is 0 Å². The summed E-state index contributed by atoms with van der Waals surface area (Å²) in [6.07, 6.45) is 2.56. The van der Waals surface area contributed by atoms with Crippen LogP contribution in [0, 0.1) is 29.6 Å². The van der Waals surface area contributed by atoms with Crippen molar-refractivity contribution in [3.8, 4) is 0 Å². The summed E-state index contributed by atoms with van der Waals surface area (Å²) in [6.45, 7) is 0. The molecule has 0 spiro atoms. The quantitative estimate of drug-likeness (QED) is 0.469. The van der Waals surface area contributed by atoms with Gasteiger partial charge in [-0.15, -0.1) is 0 Å². The van der Waals surface area contributed by atoms with Crippen LogP contribution in [-0.2, 0) is 28.7 Å². The number of carbonyl (C=O) groups is 4. The van der Waals surface area contributed by atoms with Gasteiger partial charge in [0.15, 0.2) is 0 Å². The number of carbonyl (C=O) groups excluding carboxylic acids is 4. The fourth-order valence-electron chi connectivity index (χ4n) is 5.03. The summed E-state index contributed by atoms with van der Waals surface area (Å²) < 4.78 is 9.51. The molecule has 0 aromatic carbocycles. The van der Waals surface area contributed by atoms with Crippen molar-refractivity contribution in [3.63, 3.8) is 0 Å². The second-order valence-corrected chi connectivity index (χ2v) is 6.32. The van der Waals surface area contributed by atoms with Gasteiger partial charge in [0.25, 0.3) is 0 Å². The van der Waals surface area contributed by atoms with Crippen molar-refractivity contribution < 1.29 is 28.7 Å². The van der Waals surface area contributed by atoms with Gasteiger partial charge < -0.3 is 9.47 Å². The number of esters is 4. The Kier molecular flexibility index (Phi) is 1.81. The van der Waals surface area contributed by atoms with E-state index in [2.05, 4.69) is 0 Å². The van der Waals surface area contributed by atoms with Crippen molar-refractivity contribution in [1.82, 2.24) is 0 Å². The summed E-state index contributed by atoms with van der Waals surface area (Å²) in [4.78, 5) is 47.3. The monoisotopic (exact) mass is 286 g/mol. The molecule has 5 rings (SSSR count). The molecular formula is C15H10O6. The number of fused-ring (bicyclic) bond motifs is 10. The van der Waals surface area contributed by atoms with Gasteiger partial charge in [0.2, 0.25) is 0 Å². The van der Waals surface area contributed by atoms with Crippen LogP contribution >= 0.6 is 0 Å². The number of cyclic esters (lactones) is 4. The average molecular weight is 286 g/mol. The first-order valence-corrected chi connectivity index (χ1v) is 7.03. The molecule has 0 N–H and O–H groups in total. The molecule has 4 bridgehead atoms. The Hall–Kier alpha value is -2.24. The Morgan fingerprint density at radius 2 is 1.81 bits per heavy atom. The molecule has 0 amide bonds. The van der Waals surface area contributed by atoms with E-state index in [1.54, 1.807) is 6.08 Å². The molecule has 0 aromatic heterocycles. The molecule has 6 heteroatoms. The van der Waals surface area contributed by atoms with E-state index >= 15 is 0 Å². The van der Waals surface area contributed by atoms with Gasteiger partial charge in [-0.05, 0) is 35.8 Å². The highest BCUT2D eigenvalue weighted by molar-refractivity contribution is 6.12. The maximum atomic E-state index is 12.0.